The number of carbonyl (C=O) groups is 2. The summed E-state index contributed by atoms with van der Waals surface area (Å²) >= 11 is 0. The molecule has 2 amide bonds. The summed E-state index contributed by atoms with van der Waals surface area (Å²) in [6.07, 6.45) is 2.68. The van der Waals surface area contributed by atoms with Gasteiger partial charge in [-0.2, -0.15) is 0 Å². The first-order chi connectivity index (χ1) is 17.0. The summed E-state index contributed by atoms with van der Waals surface area (Å²) in [5.41, 5.74) is 4.84. The third-order valence-electron chi connectivity index (χ3n) is 5.98. The molecule has 1 aliphatic heterocycles. The fourth-order valence-corrected chi connectivity index (χ4v) is 4.03. The molecule has 3 aromatic carbocycles. The summed E-state index contributed by atoms with van der Waals surface area (Å²) in [7, 11) is 0. The zero-order valence-electron chi connectivity index (χ0n) is 20.4. The Bertz CT molecular complexity index is 1170. The van der Waals surface area contributed by atoms with Crippen LogP contribution in [0.4, 0.5) is 11.4 Å². The Labute approximate surface area is 206 Å². The van der Waals surface area contributed by atoms with Crippen LogP contribution in [0.3, 0.4) is 0 Å². The molecule has 0 bridgehead atoms. The topological polar surface area (TPSA) is 67.9 Å². The standard InChI is InChI=1S/C29H32N2O4/c1-21-8-10-23(11-9-21)12-15-28(32)30-24-13-14-27-26(19-24)31(29(33)20-35-27)16-3-4-17-34-25-7-5-6-22(2)18-25/h5-11,13-14,18-19H,3-4,12,15-17,20H2,1-2H3,(H,30,32). The summed E-state index contributed by atoms with van der Waals surface area (Å²) < 4.78 is 11.4. The molecule has 1 aliphatic rings. The van der Waals surface area contributed by atoms with E-state index in [0.717, 1.165) is 29.7 Å². The van der Waals surface area contributed by atoms with Crippen LogP contribution in [-0.4, -0.2) is 31.6 Å². The van der Waals surface area contributed by atoms with E-state index >= 15 is 0 Å². The Balaban J connectivity index is 1.30. The van der Waals surface area contributed by atoms with Gasteiger partial charge in [0.1, 0.15) is 11.5 Å². The van der Waals surface area contributed by atoms with Gasteiger partial charge in [-0.05, 0) is 74.6 Å². The van der Waals surface area contributed by atoms with E-state index in [0.29, 0.717) is 43.1 Å². The molecule has 4 rings (SSSR count). The van der Waals surface area contributed by atoms with E-state index in [1.807, 2.05) is 68.4 Å². The molecular weight excluding hydrogens is 440 g/mol. The summed E-state index contributed by atoms with van der Waals surface area (Å²) in [4.78, 5) is 26.8. The SMILES string of the molecule is Cc1ccc(CCC(=O)Nc2ccc3c(c2)N(CCCCOc2cccc(C)c2)C(=O)CO3)cc1. The van der Waals surface area contributed by atoms with E-state index in [9.17, 15) is 9.59 Å². The number of nitrogens with zero attached hydrogens (tertiary/aromatic N) is 1. The van der Waals surface area contributed by atoms with Gasteiger partial charge in [-0.1, -0.05) is 42.0 Å². The lowest BCUT2D eigenvalue weighted by Gasteiger charge is -2.30. The van der Waals surface area contributed by atoms with E-state index in [1.54, 1.807) is 4.90 Å². The van der Waals surface area contributed by atoms with Crippen molar-refractivity contribution in [3.05, 3.63) is 83.4 Å². The molecule has 0 unspecified atom stereocenters. The molecule has 1 N–H and O–H groups in total. The molecule has 182 valence electrons. The molecule has 6 nitrogen and oxygen atoms in total. The zero-order valence-corrected chi connectivity index (χ0v) is 20.4. The normalized spacial score (nSPS) is 12.6. The second-order valence-corrected chi connectivity index (χ2v) is 8.92. The van der Waals surface area contributed by atoms with Crippen LogP contribution in [0.1, 0.15) is 36.0 Å². The average molecular weight is 473 g/mol. The fourth-order valence-electron chi connectivity index (χ4n) is 4.03. The van der Waals surface area contributed by atoms with Crippen molar-refractivity contribution in [2.75, 3.05) is 30.0 Å². The smallest absolute Gasteiger partial charge is 0.265 e. The third kappa shape index (κ3) is 6.85. The Morgan fingerprint density at radius 1 is 1.00 bits per heavy atom. The Morgan fingerprint density at radius 2 is 1.83 bits per heavy atom. The van der Waals surface area contributed by atoms with Gasteiger partial charge in [-0.25, -0.2) is 0 Å². The lowest BCUT2D eigenvalue weighted by atomic mass is 10.1. The number of nitrogens with one attached hydrogen (secondary N) is 1. The van der Waals surface area contributed by atoms with Gasteiger partial charge in [0, 0.05) is 18.7 Å². The van der Waals surface area contributed by atoms with Crippen molar-refractivity contribution in [3.63, 3.8) is 0 Å². The number of benzene rings is 3. The van der Waals surface area contributed by atoms with Gasteiger partial charge in [0.15, 0.2) is 6.61 Å². The highest BCUT2D eigenvalue weighted by atomic mass is 16.5. The lowest BCUT2D eigenvalue weighted by molar-refractivity contribution is -0.121. The maximum Gasteiger partial charge on any atom is 0.265 e. The van der Waals surface area contributed by atoms with E-state index in [1.165, 1.54) is 5.56 Å². The van der Waals surface area contributed by atoms with Crippen LogP contribution in [0.25, 0.3) is 0 Å². The monoisotopic (exact) mass is 472 g/mol. The lowest BCUT2D eigenvalue weighted by Crippen LogP contribution is -2.39. The van der Waals surface area contributed by atoms with Gasteiger partial charge < -0.3 is 19.7 Å². The number of aryl methyl sites for hydroxylation is 3. The number of hydrogen-bond donors (Lipinski definition) is 1. The van der Waals surface area contributed by atoms with Crippen molar-refractivity contribution >= 4 is 23.2 Å². The van der Waals surface area contributed by atoms with Crippen molar-refractivity contribution in [3.8, 4) is 11.5 Å². The van der Waals surface area contributed by atoms with Gasteiger partial charge in [0.2, 0.25) is 5.91 Å². The highest BCUT2D eigenvalue weighted by Crippen LogP contribution is 2.35. The summed E-state index contributed by atoms with van der Waals surface area (Å²) in [5.74, 6) is 1.37. The first-order valence-electron chi connectivity index (χ1n) is 12.1. The minimum atomic E-state index is -0.0834. The first-order valence-corrected chi connectivity index (χ1v) is 12.1. The minimum Gasteiger partial charge on any atom is -0.494 e. The Kier molecular flexibility index (Phi) is 8.03. The molecule has 1 heterocycles. The van der Waals surface area contributed by atoms with Crippen LogP contribution in [-0.2, 0) is 16.0 Å². The molecule has 0 fully saturated rings. The van der Waals surface area contributed by atoms with Gasteiger partial charge in [-0.15, -0.1) is 0 Å². The maximum absolute atomic E-state index is 12.6. The van der Waals surface area contributed by atoms with E-state index < -0.39 is 0 Å². The van der Waals surface area contributed by atoms with Crippen LogP contribution in [0.2, 0.25) is 0 Å². The molecule has 0 aromatic heterocycles. The third-order valence-corrected chi connectivity index (χ3v) is 5.98. The number of carbonyl (C=O) groups excluding carboxylic acids is 2. The number of hydrogen-bond acceptors (Lipinski definition) is 4. The molecule has 0 aliphatic carbocycles. The summed E-state index contributed by atoms with van der Waals surface area (Å²) in [6, 6.07) is 21.6. The van der Waals surface area contributed by atoms with Crippen molar-refractivity contribution < 1.29 is 19.1 Å². The van der Waals surface area contributed by atoms with E-state index in [-0.39, 0.29) is 18.4 Å². The molecule has 0 saturated heterocycles. The summed E-state index contributed by atoms with van der Waals surface area (Å²) in [5, 5.41) is 2.96. The molecule has 0 atom stereocenters. The largest absolute Gasteiger partial charge is 0.494 e. The molecule has 35 heavy (non-hydrogen) atoms. The van der Waals surface area contributed by atoms with Gasteiger partial charge in [0.25, 0.3) is 5.91 Å². The predicted molar refractivity (Wildman–Crippen MR) is 138 cm³/mol. The number of anilines is 2. The number of ether oxygens (including phenoxy) is 2. The zero-order chi connectivity index (χ0) is 24.6. The fraction of sp³-hybridized carbons (Fsp3) is 0.310. The number of unbranched alkanes of at least 4 members (excludes halogenated alkanes) is 1. The summed E-state index contributed by atoms with van der Waals surface area (Å²) in [6.45, 7) is 5.26. The quantitative estimate of drug-likeness (QED) is 0.398. The van der Waals surface area contributed by atoms with Crippen LogP contribution in [0.5, 0.6) is 11.5 Å². The van der Waals surface area contributed by atoms with Crippen molar-refractivity contribution in [1.82, 2.24) is 0 Å². The van der Waals surface area contributed by atoms with Crippen LogP contribution in [0, 0.1) is 13.8 Å². The minimum absolute atomic E-state index is 0.0229. The first kappa shape index (κ1) is 24.3. The van der Waals surface area contributed by atoms with E-state index in [4.69, 9.17) is 9.47 Å². The van der Waals surface area contributed by atoms with Gasteiger partial charge >= 0.3 is 0 Å². The average Bonchev–Trinajstić information content (AvgIpc) is 2.85. The predicted octanol–water partition coefficient (Wildman–Crippen LogP) is 5.46. The second-order valence-electron chi connectivity index (χ2n) is 8.92. The molecule has 3 aromatic rings. The Hall–Kier alpha value is -3.80. The highest BCUT2D eigenvalue weighted by molar-refractivity contribution is 5.99. The molecule has 0 saturated carbocycles. The van der Waals surface area contributed by atoms with Crippen molar-refractivity contribution in [1.29, 1.82) is 0 Å². The van der Waals surface area contributed by atoms with Gasteiger partial charge in [-0.3, -0.25) is 9.59 Å². The molecule has 0 spiro atoms. The Morgan fingerprint density at radius 3 is 2.63 bits per heavy atom. The van der Waals surface area contributed by atoms with Crippen LogP contribution < -0.4 is 19.7 Å². The highest BCUT2D eigenvalue weighted by Gasteiger charge is 2.25. The van der Waals surface area contributed by atoms with Crippen LogP contribution in [0.15, 0.2) is 66.7 Å². The molecule has 0 radical (unpaired) electrons. The van der Waals surface area contributed by atoms with Crippen LogP contribution >= 0.6 is 0 Å². The van der Waals surface area contributed by atoms with E-state index in [2.05, 4.69) is 17.4 Å². The number of rotatable bonds is 10. The number of amides is 2. The number of fused-ring (bicyclic) bond motifs is 1. The van der Waals surface area contributed by atoms with Crippen molar-refractivity contribution in [2.24, 2.45) is 0 Å². The molecule has 6 heteroatoms. The maximum atomic E-state index is 12.6. The van der Waals surface area contributed by atoms with Crippen molar-refractivity contribution in [2.45, 2.75) is 39.5 Å². The van der Waals surface area contributed by atoms with Gasteiger partial charge in [0.05, 0.1) is 12.3 Å². The molecular formula is C29H32N2O4. The second kappa shape index (κ2) is 11.6.